The van der Waals surface area contributed by atoms with E-state index in [2.05, 4.69) is 18.0 Å². The Labute approximate surface area is 157 Å². The number of carboxylic acid groups (broad SMARTS) is 1. The van der Waals surface area contributed by atoms with Crippen LogP contribution < -0.4 is 4.74 Å². The predicted octanol–water partition coefficient (Wildman–Crippen LogP) is 5.32. The van der Waals surface area contributed by atoms with Crippen molar-refractivity contribution in [1.29, 1.82) is 0 Å². The molecule has 0 saturated heterocycles. The Balaban J connectivity index is 1.79. The second-order valence-corrected chi connectivity index (χ2v) is 7.25. The number of pyridine rings is 1. The van der Waals surface area contributed by atoms with Gasteiger partial charge in [0.2, 0.25) is 0 Å². The van der Waals surface area contributed by atoms with Crippen molar-refractivity contribution in [3.8, 4) is 5.75 Å². The number of rotatable bonds is 7. The molecule has 1 unspecified atom stereocenters. The van der Waals surface area contributed by atoms with Crippen LogP contribution in [0.5, 0.6) is 5.75 Å². The number of ether oxygens (including phenoxy) is 1. The third kappa shape index (κ3) is 3.73. The van der Waals surface area contributed by atoms with Gasteiger partial charge < -0.3 is 9.84 Å². The number of aryl methyl sites for hydroxylation is 2. The first-order chi connectivity index (χ1) is 12.5. The highest BCUT2D eigenvalue weighted by atomic mass is 32.1. The standard InChI is InChI=1S/C21H23NO3S/c1-4-15-7-6-14(13(3)22-15)11-25-16-8-9-18-19(12-26-20(18)10-16)17(5-2)21(23)24/h6-10,12,17H,4-5,11H2,1-3H3,(H,23,24). The number of hydrogen-bond acceptors (Lipinski definition) is 4. The van der Waals surface area contributed by atoms with Gasteiger partial charge in [-0.25, -0.2) is 0 Å². The molecule has 0 aliphatic rings. The lowest BCUT2D eigenvalue weighted by Crippen LogP contribution is -2.09. The first-order valence-electron chi connectivity index (χ1n) is 8.85. The molecular weight excluding hydrogens is 346 g/mol. The van der Waals surface area contributed by atoms with Crippen LogP contribution in [0.4, 0.5) is 0 Å². The maximum atomic E-state index is 11.5. The summed E-state index contributed by atoms with van der Waals surface area (Å²) in [7, 11) is 0. The number of nitrogens with zero attached hydrogens (tertiary/aromatic N) is 1. The second kappa shape index (κ2) is 7.87. The van der Waals surface area contributed by atoms with Crippen LogP contribution in [0.2, 0.25) is 0 Å². The lowest BCUT2D eigenvalue weighted by molar-refractivity contribution is -0.138. The minimum atomic E-state index is -0.772. The maximum absolute atomic E-state index is 11.5. The molecule has 0 radical (unpaired) electrons. The molecule has 0 bridgehead atoms. The van der Waals surface area contributed by atoms with Crippen molar-refractivity contribution in [3.05, 3.63) is 58.2 Å². The fourth-order valence-corrected chi connectivity index (χ4v) is 4.11. The van der Waals surface area contributed by atoms with E-state index in [-0.39, 0.29) is 0 Å². The summed E-state index contributed by atoms with van der Waals surface area (Å²) >= 11 is 1.56. The van der Waals surface area contributed by atoms with E-state index in [4.69, 9.17) is 4.74 Å². The summed E-state index contributed by atoms with van der Waals surface area (Å²) in [6.45, 7) is 6.47. The summed E-state index contributed by atoms with van der Waals surface area (Å²) < 4.78 is 7.00. The highest BCUT2D eigenvalue weighted by Gasteiger charge is 2.21. The van der Waals surface area contributed by atoms with Gasteiger partial charge in [0.05, 0.1) is 5.92 Å². The van der Waals surface area contributed by atoms with E-state index in [0.29, 0.717) is 13.0 Å². The summed E-state index contributed by atoms with van der Waals surface area (Å²) in [6, 6.07) is 9.98. The molecule has 0 amide bonds. The average molecular weight is 369 g/mol. The van der Waals surface area contributed by atoms with Gasteiger partial charge in [-0.05, 0) is 60.4 Å². The topological polar surface area (TPSA) is 59.4 Å². The Morgan fingerprint density at radius 2 is 2.08 bits per heavy atom. The largest absolute Gasteiger partial charge is 0.489 e. The van der Waals surface area contributed by atoms with E-state index in [1.807, 2.05) is 43.5 Å². The van der Waals surface area contributed by atoms with Crippen molar-refractivity contribution in [2.75, 3.05) is 0 Å². The Morgan fingerprint density at radius 3 is 2.73 bits per heavy atom. The monoisotopic (exact) mass is 369 g/mol. The zero-order valence-electron chi connectivity index (χ0n) is 15.3. The zero-order chi connectivity index (χ0) is 18.7. The van der Waals surface area contributed by atoms with E-state index in [9.17, 15) is 9.90 Å². The Bertz CT molecular complexity index is 932. The molecule has 1 aromatic carbocycles. The Hall–Kier alpha value is -2.40. The van der Waals surface area contributed by atoms with Crippen LogP contribution in [-0.2, 0) is 17.8 Å². The van der Waals surface area contributed by atoms with Crippen molar-refractivity contribution >= 4 is 27.4 Å². The SMILES string of the molecule is CCc1ccc(COc2ccc3c(C(CC)C(=O)O)csc3c2)c(C)n1. The molecule has 5 heteroatoms. The predicted molar refractivity (Wildman–Crippen MR) is 105 cm³/mol. The number of benzene rings is 1. The summed E-state index contributed by atoms with van der Waals surface area (Å²) in [5.41, 5.74) is 4.05. The van der Waals surface area contributed by atoms with Crippen molar-refractivity contribution in [3.63, 3.8) is 0 Å². The van der Waals surface area contributed by atoms with Crippen LogP contribution in [0.3, 0.4) is 0 Å². The maximum Gasteiger partial charge on any atom is 0.311 e. The molecule has 1 N–H and O–H groups in total. The van der Waals surface area contributed by atoms with E-state index < -0.39 is 11.9 Å². The molecule has 0 fully saturated rings. The van der Waals surface area contributed by atoms with E-state index in [1.165, 1.54) is 0 Å². The molecule has 2 aromatic heterocycles. The molecule has 0 aliphatic heterocycles. The lowest BCUT2D eigenvalue weighted by Gasteiger charge is -2.11. The van der Waals surface area contributed by atoms with Crippen LogP contribution in [0.15, 0.2) is 35.7 Å². The van der Waals surface area contributed by atoms with Crippen molar-refractivity contribution in [2.24, 2.45) is 0 Å². The molecule has 136 valence electrons. The number of hydrogen-bond donors (Lipinski definition) is 1. The van der Waals surface area contributed by atoms with Crippen LogP contribution >= 0.6 is 11.3 Å². The molecule has 4 nitrogen and oxygen atoms in total. The number of fused-ring (bicyclic) bond motifs is 1. The third-order valence-corrected chi connectivity index (χ3v) is 5.63. The van der Waals surface area contributed by atoms with Crippen LogP contribution in [0.1, 0.15) is 48.7 Å². The third-order valence-electron chi connectivity index (χ3n) is 4.67. The normalized spacial score (nSPS) is 12.3. The van der Waals surface area contributed by atoms with Crippen LogP contribution in [-0.4, -0.2) is 16.1 Å². The van der Waals surface area contributed by atoms with Gasteiger partial charge >= 0.3 is 5.97 Å². The van der Waals surface area contributed by atoms with Crippen molar-refractivity contribution in [2.45, 2.75) is 46.1 Å². The van der Waals surface area contributed by atoms with Gasteiger partial charge in [0.1, 0.15) is 12.4 Å². The minimum Gasteiger partial charge on any atom is -0.489 e. The van der Waals surface area contributed by atoms with Gasteiger partial charge in [0.25, 0.3) is 0 Å². The van der Waals surface area contributed by atoms with E-state index >= 15 is 0 Å². The molecule has 1 atom stereocenters. The summed E-state index contributed by atoms with van der Waals surface area (Å²) in [5.74, 6) is -0.444. The number of carbonyl (C=O) groups is 1. The fourth-order valence-electron chi connectivity index (χ4n) is 3.07. The Morgan fingerprint density at radius 1 is 1.27 bits per heavy atom. The van der Waals surface area contributed by atoms with Crippen molar-refractivity contribution < 1.29 is 14.6 Å². The molecule has 2 heterocycles. The quantitative estimate of drug-likeness (QED) is 0.612. The van der Waals surface area contributed by atoms with Crippen LogP contribution in [0.25, 0.3) is 10.1 Å². The molecule has 0 spiro atoms. The highest BCUT2D eigenvalue weighted by molar-refractivity contribution is 7.17. The minimum absolute atomic E-state index is 0.457. The van der Waals surface area contributed by atoms with Crippen LogP contribution in [0, 0.1) is 6.92 Å². The van der Waals surface area contributed by atoms with E-state index in [0.717, 1.165) is 44.8 Å². The number of thiophene rings is 1. The van der Waals surface area contributed by atoms with E-state index in [1.54, 1.807) is 11.3 Å². The molecule has 0 aliphatic carbocycles. The zero-order valence-corrected chi connectivity index (χ0v) is 16.1. The average Bonchev–Trinajstić information content (AvgIpc) is 3.04. The second-order valence-electron chi connectivity index (χ2n) is 6.34. The first kappa shape index (κ1) is 18.4. The van der Waals surface area contributed by atoms with Gasteiger partial charge in [-0.1, -0.05) is 19.9 Å². The molecule has 3 aromatic rings. The van der Waals surface area contributed by atoms with Gasteiger partial charge in [-0.2, -0.15) is 0 Å². The Kier molecular flexibility index (Phi) is 5.57. The van der Waals surface area contributed by atoms with Gasteiger partial charge in [0.15, 0.2) is 0 Å². The summed E-state index contributed by atoms with van der Waals surface area (Å²) in [4.78, 5) is 16.0. The number of aromatic nitrogens is 1. The smallest absolute Gasteiger partial charge is 0.311 e. The first-order valence-corrected chi connectivity index (χ1v) is 9.73. The van der Waals surface area contributed by atoms with Crippen molar-refractivity contribution in [1.82, 2.24) is 4.98 Å². The highest BCUT2D eigenvalue weighted by Crippen LogP contribution is 2.35. The summed E-state index contributed by atoms with van der Waals surface area (Å²) in [6.07, 6.45) is 1.51. The molecular formula is C21H23NO3S. The van der Waals surface area contributed by atoms with Gasteiger partial charge in [0, 0.05) is 21.7 Å². The number of carboxylic acids is 1. The molecule has 26 heavy (non-hydrogen) atoms. The fraction of sp³-hybridized carbons (Fsp3) is 0.333. The van der Waals surface area contributed by atoms with Gasteiger partial charge in [-0.3, -0.25) is 9.78 Å². The van der Waals surface area contributed by atoms with Gasteiger partial charge in [-0.15, -0.1) is 11.3 Å². The lowest BCUT2D eigenvalue weighted by atomic mass is 9.96. The molecule has 3 rings (SSSR count). The molecule has 0 saturated carbocycles. The summed E-state index contributed by atoms with van der Waals surface area (Å²) in [5, 5.41) is 12.4. The number of aliphatic carboxylic acids is 1.